The van der Waals surface area contributed by atoms with Gasteiger partial charge in [-0.2, -0.15) is 0 Å². The molecule has 0 heterocycles. The van der Waals surface area contributed by atoms with Crippen LogP contribution in [0.4, 0.5) is 0 Å². The van der Waals surface area contributed by atoms with Gasteiger partial charge in [0.1, 0.15) is 18.1 Å². The predicted octanol–water partition coefficient (Wildman–Crippen LogP) is 5.38. The van der Waals surface area contributed by atoms with Crippen molar-refractivity contribution in [2.75, 3.05) is 13.7 Å². The molecule has 4 heteroatoms. The number of carbonyl (C=O) groups excluding carboxylic acids is 1. The van der Waals surface area contributed by atoms with Crippen LogP contribution in [0.25, 0.3) is 10.8 Å². The van der Waals surface area contributed by atoms with Crippen molar-refractivity contribution in [1.29, 1.82) is 0 Å². The van der Waals surface area contributed by atoms with Gasteiger partial charge in [-0.15, -0.1) is 0 Å². The van der Waals surface area contributed by atoms with Gasteiger partial charge in [0.15, 0.2) is 0 Å². The molecule has 0 aliphatic rings. The van der Waals surface area contributed by atoms with E-state index in [0.29, 0.717) is 17.9 Å². The van der Waals surface area contributed by atoms with Crippen LogP contribution < -0.4 is 9.47 Å². The second kappa shape index (κ2) is 9.08. The van der Waals surface area contributed by atoms with E-state index in [1.165, 1.54) is 7.11 Å². The number of esters is 1. The fraction of sp³-hybridized carbons (Fsp3) is 0.261. The largest absolute Gasteiger partial charge is 0.494 e. The third-order valence-corrected chi connectivity index (χ3v) is 4.32. The molecule has 4 nitrogen and oxygen atoms in total. The Morgan fingerprint density at radius 1 is 0.852 bits per heavy atom. The molecule has 27 heavy (non-hydrogen) atoms. The fourth-order valence-corrected chi connectivity index (χ4v) is 2.76. The molecular formula is C23H24O4. The normalized spacial score (nSPS) is 10.6. The maximum absolute atomic E-state index is 11.5. The van der Waals surface area contributed by atoms with E-state index in [4.69, 9.17) is 14.2 Å². The van der Waals surface area contributed by atoms with Crippen molar-refractivity contribution in [2.45, 2.75) is 26.4 Å². The number of hydrogen-bond donors (Lipinski definition) is 0. The second-order valence-corrected chi connectivity index (χ2v) is 6.35. The van der Waals surface area contributed by atoms with Gasteiger partial charge < -0.3 is 14.2 Å². The summed E-state index contributed by atoms with van der Waals surface area (Å²) in [7, 11) is 1.37. The van der Waals surface area contributed by atoms with E-state index in [1.807, 2.05) is 6.07 Å². The molecule has 0 saturated carbocycles. The highest BCUT2D eigenvalue weighted by Gasteiger charge is 2.05. The van der Waals surface area contributed by atoms with Gasteiger partial charge in [0.25, 0.3) is 0 Å². The van der Waals surface area contributed by atoms with Crippen LogP contribution in [-0.2, 0) is 11.3 Å². The highest BCUT2D eigenvalue weighted by Crippen LogP contribution is 2.23. The molecule has 3 aromatic carbocycles. The van der Waals surface area contributed by atoms with Crippen molar-refractivity contribution in [2.24, 2.45) is 0 Å². The summed E-state index contributed by atoms with van der Waals surface area (Å²) in [5, 5.41) is 2.30. The molecule has 3 rings (SSSR count). The number of unbranched alkanes of at least 4 members (excludes halogenated alkanes) is 1. The van der Waals surface area contributed by atoms with Crippen LogP contribution in [-0.4, -0.2) is 19.7 Å². The molecule has 0 aliphatic heterocycles. The molecule has 0 spiro atoms. The highest BCUT2D eigenvalue weighted by atomic mass is 16.5. The van der Waals surface area contributed by atoms with Crippen LogP contribution in [0.15, 0.2) is 60.7 Å². The lowest BCUT2D eigenvalue weighted by Crippen LogP contribution is -2.01. The molecule has 0 aliphatic carbocycles. The van der Waals surface area contributed by atoms with Gasteiger partial charge in [-0.3, -0.25) is 0 Å². The monoisotopic (exact) mass is 364 g/mol. The number of ether oxygens (including phenoxy) is 3. The second-order valence-electron chi connectivity index (χ2n) is 6.35. The first kappa shape index (κ1) is 18.8. The molecule has 0 N–H and O–H groups in total. The Balaban J connectivity index is 1.63. The summed E-state index contributed by atoms with van der Waals surface area (Å²) >= 11 is 0. The highest BCUT2D eigenvalue weighted by molar-refractivity contribution is 5.89. The predicted molar refractivity (Wildman–Crippen MR) is 106 cm³/mol. The third-order valence-electron chi connectivity index (χ3n) is 4.32. The first-order chi connectivity index (χ1) is 13.2. The van der Waals surface area contributed by atoms with E-state index < -0.39 is 0 Å². The third kappa shape index (κ3) is 5.00. The summed E-state index contributed by atoms with van der Waals surface area (Å²) < 4.78 is 16.3. The summed E-state index contributed by atoms with van der Waals surface area (Å²) in [6.07, 6.45) is 2.19. The Morgan fingerprint density at radius 2 is 1.56 bits per heavy atom. The number of methoxy groups -OCH3 is 1. The standard InChI is InChI=1S/C23H24O4/c1-3-4-13-26-22-12-9-19-14-17(5-6-20(19)15-22)16-27-21-10-7-18(8-11-21)23(24)25-2/h5-12,14-15H,3-4,13,16H2,1-2H3. The molecule has 0 bridgehead atoms. The van der Waals surface area contributed by atoms with Crippen molar-refractivity contribution in [1.82, 2.24) is 0 Å². The van der Waals surface area contributed by atoms with Gasteiger partial charge >= 0.3 is 5.97 Å². The molecule has 0 amide bonds. The topological polar surface area (TPSA) is 44.8 Å². The number of hydrogen-bond acceptors (Lipinski definition) is 4. The van der Waals surface area contributed by atoms with Crippen LogP contribution in [0.3, 0.4) is 0 Å². The van der Waals surface area contributed by atoms with Crippen molar-refractivity contribution < 1.29 is 19.0 Å². The van der Waals surface area contributed by atoms with Crippen LogP contribution in [0.5, 0.6) is 11.5 Å². The van der Waals surface area contributed by atoms with Crippen LogP contribution >= 0.6 is 0 Å². The minimum absolute atomic E-state index is 0.353. The lowest BCUT2D eigenvalue weighted by Gasteiger charge is -2.09. The Labute approximate surface area is 159 Å². The average molecular weight is 364 g/mol. The van der Waals surface area contributed by atoms with Crippen LogP contribution in [0.1, 0.15) is 35.7 Å². The Hall–Kier alpha value is -3.01. The van der Waals surface area contributed by atoms with Crippen molar-refractivity contribution in [3.63, 3.8) is 0 Å². The SMILES string of the molecule is CCCCOc1ccc2cc(COc3ccc(C(=O)OC)cc3)ccc2c1. The van der Waals surface area contributed by atoms with Gasteiger partial charge in [-0.05, 0) is 65.2 Å². The summed E-state index contributed by atoms with van der Waals surface area (Å²) in [6.45, 7) is 3.37. The number of fused-ring (bicyclic) bond motifs is 1. The van der Waals surface area contributed by atoms with E-state index in [0.717, 1.165) is 41.5 Å². The van der Waals surface area contributed by atoms with Crippen molar-refractivity contribution in [3.05, 3.63) is 71.8 Å². The van der Waals surface area contributed by atoms with Gasteiger partial charge in [-0.1, -0.05) is 31.5 Å². The minimum Gasteiger partial charge on any atom is -0.494 e. The zero-order valence-electron chi connectivity index (χ0n) is 15.7. The quantitative estimate of drug-likeness (QED) is 0.397. The molecule has 140 valence electrons. The first-order valence-electron chi connectivity index (χ1n) is 9.16. The number of carbonyl (C=O) groups is 1. The Kier molecular flexibility index (Phi) is 6.31. The molecule has 0 unspecified atom stereocenters. The van der Waals surface area contributed by atoms with Crippen molar-refractivity contribution in [3.8, 4) is 11.5 Å². The molecular weight excluding hydrogens is 340 g/mol. The maximum atomic E-state index is 11.5. The summed E-state index contributed by atoms with van der Waals surface area (Å²) in [6, 6.07) is 19.3. The van der Waals surface area contributed by atoms with Gasteiger partial charge in [-0.25, -0.2) is 4.79 Å². The van der Waals surface area contributed by atoms with Crippen LogP contribution in [0.2, 0.25) is 0 Å². The van der Waals surface area contributed by atoms with Gasteiger partial charge in [0, 0.05) is 0 Å². The lowest BCUT2D eigenvalue weighted by molar-refractivity contribution is 0.0600. The first-order valence-corrected chi connectivity index (χ1v) is 9.16. The fourth-order valence-electron chi connectivity index (χ4n) is 2.76. The summed E-state index contributed by atoms with van der Waals surface area (Å²) in [5.41, 5.74) is 1.59. The zero-order valence-corrected chi connectivity index (χ0v) is 15.7. The number of benzene rings is 3. The Bertz CT molecular complexity index is 900. The van der Waals surface area contributed by atoms with E-state index in [9.17, 15) is 4.79 Å². The van der Waals surface area contributed by atoms with Gasteiger partial charge in [0.05, 0.1) is 19.3 Å². The smallest absolute Gasteiger partial charge is 0.337 e. The maximum Gasteiger partial charge on any atom is 0.337 e. The van der Waals surface area contributed by atoms with Gasteiger partial charge in [0.2, 0.25) is 0 Å². The molecule has 0 saturated heterocycles. The molecule has 0 aromatic heterocycles. The van der Waals surface area contributed by atoms with E-state index >= 15 is 0 Å². The average Bonchev–Trinajstić information content (AvgIpc) is 2.72. The molecule has 0 atom stereocenters. The van der Waals surface area contributed by atoms with Crippen LogP contribution in [0, 0.1) is 0 Å². The summed E-state index contributed by atoms with van der Waals surface area (Å²) in [4.78, 5) is 11.5. The van der Waals surface area contributed by atoms with E-state index in [-0.39, 0.29) is 5.97 Å². The zero-order chi connectivity index (χ0) is 19.1. The molecule has 0 radical (unpaired) electrons. The molecule has 0 fully saturated rings. The number of rotatable bonds is 8. The van der Waals surface area contributed by atoms with Crippen molar-refractivity contribution >= 4 is 16.7 Å². The molecule has 3 aromatic rings. The van der Waals surface area contributed by atoms with E-state index in [2.05, 4.69) is 37.3 Å². The summed E-state index contributed by atoms with van der Waals surface area (Å²) in [5.74, 6) is 1.27. The minimum atomic E-state index is -0.353. The van der Waals surface area contributed by atoms with E-state index in [1.54, 1.807) is 24.3 Å². The lowest BCUT2D eigenvalue weighted by atomic mass is 10.1. The Morgan fingerprint density at radius 3 is 2.30 bits per heavy atom.